The molecule has 1 amide bonds. The van der Waals surface area contributed by atoms with Crippen LogP contribution in [0.15, 0.2) is 24.4 Å². The zero-order valence-corrected chi connectivity index (χ0v) is 25.0. The van der Waals surface area contributed by atoms with E-state index in [-0.39, 0.29) is 23.5 Å². The monoisotopic (exact) mass is 584 g/mol. The highest BCUT2D eigenvalue weighted by atomic mass is 19.1. The van der Waals surface area contributed by atoms with E-state index in [9.17, 15) is 4.79 Å². The molecule has 4 fully saturated rings. The Kier molecular flexibility index (Phi) is 7.39. The summed E-state index contributed by atoms with van der Waals surface area (Å²) >= 11 is 0. The number of ether oxygens (including phenoxy) is 2. The number of anilines is 1. The molecule has 3 aliphatic heterocycles. The van der Waals surface area contributed by atoms with Gasteiger partial charge in [-0.25, -0.2) is 4.39 Å². The number of pyridine rings is 1. The first-order valence-electron chi connectivity index (χ1n) is 15.3. The van der Waals surface area contributed by atoms with Crippen LogP contribution in [0.4, 0.5) is 10.2 Å². The fraction of sp³-hybridized carbons (Fsp3) is 0.515. The van der Waals surface area contributed by atoms with Gasteiger partial charge >= 0.3 is 6.01 Å². The number of halogens is 1. The lowest BCUT2D eigenvalue weighted by atomic mass is 9.95. The Hall–Kier alpha value is -3.81. The van der Waals surface area contributed by atoms with E-state index in [1.165, 1.54) is 12.7 Å². The maximum Gasteiger partial charge on any atom is 0.318 e. The van der Waals surface area contributed by atoms with Crippen molar-refractivity contribution in [3.8, 4) is 29.1 Å². The van der Waals surface area contributed by atoms with Crippen molar-refractivity contribution in [2.75, 3.05) is 51.8 Å². The number of carbonyl (C=O) groups excluding carboxylic acids is 1. The van der Waals surface area contributed by atoms with Crippen molar-refractivity contribution in [1.82, 2.24) is 24.8 Å². The van der Waals surface area contributed by atoms with Gasteiger partial charge in [-0.15, -0.1) is 0 Å². The summed E-state index contributed by atoms with van der Waals surface area (Å²) in [5.74, 6) is 6.26. The molecule has 3 aromatic rings. The first kappa shape index (κ1) is 28.0. The van der Waals surface area contributed by atoms with Gasteiger partial charge in [-0.2, -0.15) is 9.97 Å². The lowest BCUT2D eigenvalue weighted by Crippen LogP contribution is -2.42. The third kappa shape index (κ3) is 5.41. The minimum absolute atomic E-state index is 0.0237. The highest BCUT2D eigenvalue weighted by Gasteiger charge is 2.34. The van der Waals surface area contributed by atoms with E-state index in [1.54, 1.807) is 11.1 Å². The number of benzene rings is 1. The number of amides is 1. The zero-order valence-electron chi connectivity index (χ0n) is 25.0. The number of likely N-dealkylation sites (tertiary alicyclic amines) is 2. The number of morpholine rings is 1. The van der Waals surface area contributed by atoms with E-state index in [4.69, 9.17) is 9.47 Å². The Labute approximate surface area is 251 Å². The molecule has 1 saturated carbocycles. The Bertz CT molecular complexity index is 1620. The van der Waals surface area contributed by atoms with Gasteiger partial charge < -0.3 is 19.3 Å². The third-order valence-electron chi connectivity index (χ3n) is 9.34. The van der Waals surface area contributed by atoms with Crippen LogP contribution in [0.3, 0.4) is 0 Å². The normalized spacial score (nSPS) is 23.3. The Balaban J connectivity index is 1.10. The van der Waals surface area contributed by atoms with Gasteiger partial charge in [0.25, 0.3) is 5.91 Å². The summed E-state index contributed by atoms with van der Waals surface area (Å²) < 4.78 is 27.5. The molecule has 0 spiro atoms. The first-order chi connectivity index (χ1) is 20.9. The van der Waals surface area contributed by atoms with E-state index >= 15 is 4.39 Å². The molecule has 5 heterocycles. The zero-order chi connectivity index (χ0) is 29.7. The topological polar surface area (TPSA) is 83.9 Å². The molecule has 2 bridgehead atoms. The maximum absolute atomic E-state index is 16.2. The van der Waals surface area contributed by atoms with Crippen LogP contribution in [-0.4, -0.2) is 95.8 Å². The van der Waals surface area contributed by atoms with Crippen LogP contribution in [0.5, 0.6) is 6.01 Å². The van der Waals surface area contributed by atoms with Crippen LogP contribution in [0.1, 0.15) is 49.1 Å². The predicted octanol–water partition coefficient (Wildman–Crippen LogP) is 3.93. The molecule has 10 heteroatoms. The van der Waals surface area contributed by atoms with Crippen molar-refractivity contribution < 1.29 is 18.7 Å². The van der Waals surface area contributed by atoms with Crippen LogP contribution < -0.4 is 9.64 Å². The highest BCUT2D eigenvalue weighted by molar-refractivity contribution is 5.94. The molecule has 1 aliphatic carbocycles. The molecule has 224 valence electrons. The summed E-state index contributed by atoms with van der Waals surface area (Å²) in [4.78, 5) is 32.7. The summed E-state index contributed by atoms with van der Waals surface area (Å²) in [6, 6.07) is 6.03. The van der Waals surface area contributed by atoms with Crippen LogP contribution in [0.2, 0.25) is 0 Å². The molecule has 9 nitrogen and oxygen atoms in total. The third-order valence-corrected chi connectivity index (χ3v) is 9.34. The number of methoxy groups -OCH3 is 1. The molecule has 7 rings (SSSR count). The van der Waals surface area contributed by atoms with Gasteiger partial charge in [0.15, 0.2) is 5.82 Å². The lowest BCUT2D eigenvalue weighted by Gasteiger charge is -2.30. The average Bonchev–Trinajstić information content (AvgIpc) is 3.62. The molecule has 2 aromatic heterocycles. The number of rotatable bonds is 6. The Morgan fingerprint density at radius 1 is 1.14 bits per heavy atom. The predicted molar refractivity (Wildman–Crippen MR) is 161 cm³/mol. The van der Waals surface area contributed by atoms with E-state index < -0.39 is 5.82 Å². The van der Waals surface area contributed by atoms with Crippen molar-refractivity contribution in [2.24, 2.45) is 0 Å². The molecular formula is C33H37FN6O3. The second-order valence-electron chi connectivity index (χ2n) is 12.3. The van der Waals surface area contributed by atoms with Gasteiger partial charge in [0.05, 0.1) is 31.2 Å². The lowest BCUT2D eigenvalue weighted by molar-refractivity contribution is -0.124. The number of fused-ring (bicyclic) bond motifs is 3. The van der Waals surface area contributed by atoms with Gasteiger partial charge in [0.2, 0.25) is 0 Å². The number of carbonyl (C=O) groups is 1. The van der Waals surface area contributed by atoms with E-state index in [1.807, 2.05) is 24.1 Å². The molecule has 3 atom stereocenters. The number of aryl methyl sites for hydroxylation is 1. The minimum atomic E-state index is -0.480. The summed E-state index contributed by atoms with van der Waals surface area (Å²) in [5.41, 5.74) is 3.62. The van der Waals surface area contributed by atoms with Crippen molar-refractivity contribution in [3.05, 3.63) is 41.3 Å². The molecule has 4 aliphatic rings. The van der Waals surface area contributed by atoms with Crippen LogP contribution in [0.25, 0.3) is 22.2 Å². The second-order valence-corrected chi connectivity index (χ2v) is 12.3. The molecule has 3 unspecified atom stereocenters. The molecule has 3 saturated heterocycles. The smallest absolute Gasteiger partial charge is 0.318 e. The fourth-order valence-electron chi connectivity index (χ4n) is 6.92. The van der Waals surface area contributed by atoms with Crippen molar-refractivity contribution in [2.45, 2.75) is 63.2 Å². The summed E-state index contributed by atoms with van der Waals surface area (Å²) in [5, 5.41) is 0.509. The number of nitrogens with zero attached hydrogens (tertiary/aromatic N) is 6. The highest BCUT2D eigenvalue weighted by Crippen LogP contribution is 2.46. The van der Waals surface area contributed by atoms with Crippen LogP contribution in [0, 0.1) is 24.6 Å². The molecule has 1 aromatic carbocycles. The van der Waals surface area contributed by atoms with Gasteiger partial charge in [-0.3, -0.25) is 14.7 Å². The number of hydrogen-bond donors (Lipinski definition) is 0. The number of likely N-dealkylation sites (N-methyl/N-ethyl adjacent to an activating group) is 1. The van der Waals surface area contributed by atoms with Gasteiger partial charge in [0, 0.05) is 51.0 Å². The largest absolute Gasteiger partial charge is 0.467 e. The molecule has 0 radical (unpaired) electrons. The van der Waals surface area contributed by atoms with Crippen LogP contribution >= 0.6 is 0 Å². The Morgan fingerprint density at radius 3 is 2.67 bits per heavy atom. The van der Waals surface area contributed by atoms with Crippen LogP contribution in [-0.2, 0) is 9.53 Å². The second kappa shape index (κ2) is 11.4. The first-order valence-corrected chi connectivity index (χ1v) is 15.3. The quantitative estimate of drug-likeness (QED) is 0.403. The molecule has 43 heavy (non-hydrogen) atoms. The maximum atomic E-state index is 16.2. The Morgan fingerprint density at radius 2 is 1.93 bits per heavy atom. The fourth-order valence-corrected chi connectivity index (χ4v) is 6.92. The van der Waals surface area contributed by atoms with Crippen molar-refractivity contribution >= 4 is 22.6 Å². The molecule has 0 N–H and O–H groups in total. The number of aromatic nitrogens is 3. The van der Waals surface area contributed by atoms with Gasteiger partial charge in [0.1, 0.15) is 17.0 Å². The van der Waals surface area contributed by atoms with Crippen molar-refractivity contribution in [1.29, 1.82) is 0 Å². The minimum Gasteiger partial charge on any atom is -0.467 e. The van der Waals surface area contributed by atoms with E-state index in [0.29, 0.717) is 54.7 Å². The average molecular weight is 585 g/mol. The van der Waals surface area contributed by atoms with Gasteiger partial charge in [-0.1, -0.05) is 24.1 Å². The van der Waals surface area contributed by atoms with Crippen molar-refractivity contribution in [3.63, 3.8) is 0 Å². The van der Waals surface area contributed by atoms with Gasteiger partial charge in [-0.05, 0) is 62.0 Å². The standard InChI is InChI=1S/C33H37FN6O3/c1-20-6-4-7-25(28(20)21-9-10-21)30-29(34)31-26(16-35-30)32(37-33(36-31)42-3)38(2)22-13-15-40(17-22)27(41)8-5-14-39-18-23-11-12-24(19-39)43-23/h4,6-7,16,21-24H,9-15,17-19H2,1-3H3. The number of hydrogen-bond acceptors (Lipinski definition) is 8. The van der Waals surface area contributed by atoms with E-state index in [0.717, 1.165) is 56.3 Å². The summed E-state index contributed by atoms with van der Waals surface area (Å²) in [6.45, 7) is 5.52. The molecular weight excluding hydrogens is 547 g/mol. The summed E-state index contributed by atoms with van der Waals surface area (Å²) in [6.07, 6.45) is 7.47. The summed E-state index contributed by atoms with van der Waals surface area (Å²) in [7, 11) is 3.39. The van der Waals surface area contributed by atoms with E-state index in [2.05, 4.69) is 44.7 Å². The SMILES string of the molecule is COc1nc(N(C)C2CCN(C(=O)C#CCN3CC4CCC(C3)O4)C2)c2cnc(-c3cccc(C)c3C3CC3)c(F)c2n1.